The van der Waals surface area contributed by atoms with E-state index in [1.807, 2.05) is 13.8 Å². The first-order chi connectivity index (χ1) is 3.72. The largest absolute Gasteiger partial charge is 1.00 e. The van der Waals surface area contributed by atoms with Crippen LogP contribution in [0.25, 0.3) is 0 Å². The molecule has 1 rings (SSSR count). The molecule has 0 aliphatic heterocycles. The van der Waals surface area contributed by atoms with Gasteiger partial charge in [-0.05, 0) is 29.5 Å². The van der Waals surface area contributed by atoms with Gasteiger partial charge in [0.2, 0.25) is 0 Å². The normalized spacial score (nSPS) is 8.78. The van der Waals surface area contributed by atoms with Crippen LogP contribution in [0, 0.1) is 17.4 Å². The van der Waals surface area contributed by atoms with Crippen molar-refractivity contribution >= 4 is 22.6 Å². The summed E-state index contributed by atoms with van der Waals surface area (Å²) in [4.78, 5) is 0. The van der Waals surface area contributed by atoms with Crippen LogP contribution < -0.4 is 5.10 Å². The molecule has 1 aromatic heterocycles. The molecule has 0 N–H and O–H groups in total. The van der Waals surface area contributed by atoms with Gasteiger partial charge in [-0.15, -0.1) is 5.69 Å². The van der Waals surface area contributed by atoms with Crippen LogP contribution in [0.5, 0.6) is 0 Å². The van der Waals surface area contributed by atoms with Crippen molar-refractivity contribution in [3.8, 4) is 0 Å². The number of hydrogen-bond donors (Lipinski definition) is 0. The molecule has 0 radical (unpaired) electrons. The van der Waals surface area contributed by atoms with Gasteiger partial charge in [-0.3, -0.25) is 0 Å². The molecule has 0 bridgehead atoms. The Kier molecular flexibility index (Phi) is 4.04. The molecule has 0 aliphatic carbocycles. The standard InChI is InChI=1S/C5H6IN2.Ag/c1-3-5(6)4(2)8-7-3;/h1-2H3;/q-1;+1. The Labute approximate surface area is 83.5 Å². The Morgan fingerprint density at radius 3 is 2.11 bits per heavy atom. The summed E-state index contributed by atoms with van der Waals surface area (Å²) < 4.78 is 1.18. The van der Waals surface area contributed by atoms with Crippen molar-refractivity contribution in [3.05, 3.63) is 15.0 Å². The second-order valence-electron chi connectivity index (χ2n) is 1.68. The molecule has 0 atom stereocenters. The molecule has 54 valence electrons. The van der Waals surface area contributed by atoms with E-state index in [4.69, 9.17) is 0 Å². The van der Waals surface area contributed by atoms with Crippen molar-refractivity contribution in [1.82, 2.24) is 10.2 Å². The maximum Gasteiger partial charge on any atom is 1.00 e. The molecular formula is C5H6AgIN2. The fourth-order valence-corrected chi connectivity index (χ4v) is 0.715. The van der Waals surface area contributed by atoms with E-state index in [9.17, 15) is 0 Å². The van der Waals surface area contributed by atoms with Gasteiger partial charge in [0.25, 0.3) is 0 Å². The molecule has 9 heavy (non-hydrogen) atoms. The Balaban J connectivity index is 0.000000640. The molecular weight excluding hydrogens is 323 g/mol. The van der Waals surface area contributed by atoms with E-state index in [-0.39, 0.29) is 22.4 Å². The Morgan fingerprint density at radius 2 is 2.00 bits per heavy atom. The summed E-state index contributed by atoms with van der Waals surface area (Å²) in [6.45, 7) is 3.92. The van der Waals surface area contributed by atoms with E-state index in [2.05, 4.69) is 32.8 Å². The first kappa shape index (κ1) is 9.68. The van der Waals surface area contributed by atoms with Crippen molar-refractivity contribution < 1.29 is 22.4 Å². The van der Waals surface area contributed by atoms with Crippen molar-refractivity contribution in [2.75, 3.05) is 0 Å². The first-order valence-corrected chi connectivity index (χ1v) is 3.41. The topological polar surface area (TPSA) is 27.0 Å². The Morgan fingerprint density at radius 1 is 1.44 bits per heavy atom. The third-order valence-electron chi connectivity index (χ3n) is 0.985. The summed E-state index contributed by atoms with van der Waals surface area (Å²) in [5.74, 6) is 0. The van der Waals surface area contributed by atoms with Crippen LogP contribution in [0.4, 0.5) is 0 Å². The van der Waals surface area contributed by atoms with Crippen molar-refractivity contribution in [2.45, 2.75) is 13.8 Å². The van der Waals surface area contributed by atoms with Gasteiger partial charge in [0.15, 0.2) is 0 Å². The SMILES string of the molecule is Cc1n[n-]c(C)c1I.[Ag+]. The average Bonchev–Trinajstić information content (AvgIpc) is 1.98. The maximum absolute atomic E-state index is 3.86. The second kappa shape index (κ2) is 3.75. The van der Waals surface area contributed by atoms with Crippen LogP contribution in [0.2, 0.25) is 0 Å². The summed E-state index contributed by atoms with van der Waals surface area (Å²) >= 11 is 2.24. The zero-order valence-corrected chi connectivity index (χ0v) is 8.71. The second-order valence-corrected chi connectivity index (χ2v) is 2.76. The van der Waals surface area contributed by atoms with Crippen molar-refractivity contribution in [3.63, 3.8) is 0 Å². The van der Waals surface area contributed by atoms with Crippen LogP contribution in [0.1, 0.15) is 11.4 Å². The number of nitrogens with zero attached hydrogens (tertiary/aromatic N) is 2. The number of aryl methyl sites for hydroxylation is 2. The zero-order chi connectivity index (χ0) is 6.15. The predicted molar refractivity (Wildman–Crippen MR) is 39.7 cm³/mol. The van der Waals surface area contributed by atoms with E-state index in [0.29, 0.717) is 0 Å². The van der Waals surface area contributed by atoms with E-state index in [1.165, 1.54) is 3.57 Å². The molecule has 0 aliphatic rings. The molecule has 0 saturated carbocycles. The summed E-state index contributed by atoms with van der Waals surface area (Å²) in [5.41, 5.74) is 2.06. The van der Waals surface area contributed by atoms with E-state index in [0.717, 1.165) is 11.4 Å². The molecule has 2 nitrogen and oxygen atoms in total. The monoisotopic (exact) mass is 328 g/mol. The molecule has 0 spiro atoms. The fraction of sp³-hybridized carbons (Fsp3) is 0.400. The fourth-order valence-electron chi connectivity index (χ4n) is 0.500. The van der Waals surface area contributed by atoms with Gasteiger partial charge in [0.05, 0.1) is 0 Å². The predicted octanol–water partition coefficient (Wildman–Crippen LogP) is 1.26. The molecule has 0 unspecified atom stereocenters. The van der Waals surface area contributed by atoms with Crippen LogP contribution in [0.3, 0.4) is 0 Å². The molecule has 0 saturated heterocycles. The van der Waals surface area contributed by atoms with E-state index < -0.39 is 0 Å². The van der Waals surface area contributed by atoms with Crippen LogP contribution >= 0.6 is 22.6 Å². The third kappa shape index (κ3) is 2.07. The van der Waals surface area contributed by atoms with Crippen molar-refractivity contribution in [2.24, 2.45) is 0 Å². The van der Waals surface area contributed by atoms with Gasteiger partial charge in [0, 0.05) is 9.26 Å². The van der Waals surface area contributed by atoms with Gasteiger partial charge < -0.3 is 10.2 Å². The van der Waals surface area contributed by atoms with Gasteiger partial charge >= 0.3 is 22.4 Å². The van der Waals surface area contributed by atoms with Crippen molar-refractivity contribution in [1.29, 1.82) is 0 Å². The van der Waals surface area contributed by atoms with Gasteiger partial charge in [-0.1, -0.05) is 6.92 Å². The summed E-state index contributed by atoms with van der Waals surface area (Å²) in [6, 6.07) is 0. The summed E-state index contributed by atoms with van der Waals surface area (Å²) in [5, 5.41) is 7.72. The van der Waals surface area contributed by atoms with Gasteiger partial charge in [0.1, 0.15) is 0 Å². The number of aromatic nitrogens is 2. The van der Waals surface area contributed by atoms with Crippen LogP contribution in [-0.2, 0) is 22.4 Å². The number of hydrogen-bond acceptors (Lipinski definition) is 1. The van der Waals surface area contributed by atoms with E-state index in [1.54, 1.807) is 0 Å². The van der Waals surface area contributed by atoms with Gasteiger partial charge in [-0.2, -0.15) is 0 Å². The quantitative estimate of drug-likeness (QED) is 0.529. The molecule has 4 heteroatoms. The minimum atomic E-state index is 0. The zero-order valence-electron chi connectivity index (χ0n) is 5.07. The Hall–Kier alpha value is 0.680. The summed E-state index contributed by atoms with van der Waals surface area (Å²) in [7, 11) is 0. The minimum absolute atomic E-state index is 0. The first-order valence-electron chi connectivity index (χ1n) is 2.34. The minimum Gasteiger partial charge on any atom is -0.578 e. The number of halogens is 1. The van der Waals surface area contributed by atoms with Crippen LogP contribution in [0.15, 0.2) is 0 Å². The van der Waals surface area contributed by atoms with Gasteiger partial charge in [-0.25, -0.2) is 0 Å². The summed E-state index contributed by atoms with van der Waals surface area (Å²) in [6.07, 6.45) is 0. The third-order valence-corrected chi connectivity index (χ3v) is 2.55. The van der Waals surface area contributed by atoms with E-state index >= 15 is 0 Å². The maximum atomic E-state index is 3.86. The average molecular weight is 329 g/mol. The molecule has 1 heterocycles. The molecule has 1 aromatic rings. The van der Waals surface area contributed by atoms with Crippen LogP contribution in [-0.4, -0.2) is 5.10 Å². The molecule has 0 fully saturated rings. The molecule has 0 aromatic carbocycles. The Bertz CT molecular complexity index is 177. The molecule has 0 amide bonds. The smallest absolute Gasteiger partial charge is 0.578 e. The number of rotatable bonds is 0.